The van der Waals surface area contributed by atoms with Crippen molar-refractivity contribution in [3.8, 4) is 16.9 Å². The second kappa shape index (κ2) is 11.9. The zero-order valence-corrected chi connectivity index (χ0v) is 18.4. The summed E-state index contributed by atoms with van der Waals surface area (Å²) >= 11 is 0. The van der Waals surface area contributed by atoms with Crippen LogP contribution in [0.4, 0.5) is 0 Å². The van der Waals surface area contributed by atoms with E-state index in [9.17, 15) is 4.79 Å². The highest BCUT2D eigenvalue weighted by atomic mass is 16.5. The maximum absolute atomic E-state index is 12.6. The zero-order valence-electron chi connectivity index (χ0n) is 18.4. The van der Waals surface area contributed by atoms with E-state index < -0.39 is 0 Å². The van der Waals surface area contributed by atoms with Gasteiger partial charge >= 0.3 is 5.63 Å². The summed E-state index contributed by atoms with van der Waals surface area (Å²) in [5, 5.41) is 0.890. The summed E-state index contributed by atoms with van der Waals surface area (Å²) < 4.78 is 11.4. The Morgan fingerprint density at radius 3 is 2.61 bits per heavy atom. The van der Waals surface area contributed by atoms with Crippen LogP contribution in [0, 0.1) is 0 Å². The highest BCUT2D eigenvalue weighted by molar-refractivity contribution is 5.82. The minimum absolute atomic E-state index is 0.323. The lowest BCUT2D eigenvalue weighted by Crippen LogP contribution is -2.03. The topological polar surface area (TPSA) is 39.4 Å². The number of benzene rings is 2. The molecule has 0 N–H and O–H groups in total. The number of ether oxygens (including phenoxy) is 1. The molecule has 1 heterocycles. The van der Waals surface area contributed by atoms with Crippen LogP contribution in [-0.2, 0) is 6.42 Å². The Bertz CT molecular complexity index is 1060. The molecule has 3 rings (SSSR count). The van der Waals surface area contributed by atoms with Gasteiger partial charge in [-0.15, -0.1) is 6.58 Å². The van der Waals surface area contributed by atoms with E-state index in [2.05, 4.69) is 37.8 Å². The van der Waals surface area contributed by atoms with Gasteiger partial charge in [0, 0.05) is 11.5 Å². The number of hydrogen-bond donors (Lipinski definition) is 0. The third-order valence-corrected chi connectivity index (χ3v) is 5.29. The van der Waals surface area contributed by atoms with Gasteiger partial charge in [0.1, 0.15) is 11.3 Å². The fourth-order valence-corrected chi connectivity index (χ4v) is 3.51. The Morgan fingerprint density at radius 1 is 1.00 bits per heavy atom. The van der Waals surface area contributed by atoms with Crippen molar-refractivity contribution in [2.45, 2.75) is 51.9 Å². The number of hydrogen-bond acceptors (Lipinski definition) is 3. The quantitative estimate of drug-likeness (QED) is 0.174. The molecule has 0 aliphatic rings. The van der Waals surface area contributed by atoms with Crippen LogP contribution in [0.1, 0.15) is 51.0 Å². The molecular weight excluding hydrogens is 384 g/mol. The Hall–Kier alpha value is -3.07. The first-order chi connectivity index (χ1) is 15.2. The highest BCUT2D eigenvalue weighted by Crippen LogP contribution is 2.25. The van der Waals surface area contributed by atoms with E-state index in [-0.39, 0.29) is 5.63 Å². The van der Waals surface area contributed by atoms with Crippen LogP contribution in [0.3, 0.4) is 0 Å². The van der Waals surface area contributed by atoms with Crippen molar-refractivity contribution in [1.82, 2.24) is 0 Å². The predicted molar refractivity (Wildman–Crippen MR) is 130 cm³/mol. The number of unbranched alkanes of at least 4 members (excludes halogenated alkanes) is 3. The van der Waals surface area contributed by atoms with E-state index >= 15 is 0 Å². The van der Waals surface area contributed by atoms with Crippen LogP contribution < -0.4 is 10.4 Å². The molecule has 0 aliphatic carbocycles. The van der Waals surface area contributed by atoms with Crippen molar-refractivity contribution in [2.75, 3.05) is 6.61 Å². The molecule has 3 heteroatoms. The largest absolute Gasteiger partial charge is 0.493 e. The number of allylic oxidation sites excluding steroid dienone is 3. The molecule has 0 radical (unpaired) electrons. The highest BCUT2D eigenvalue weighted by Gasteiger charge is 2.09. The van der Waals surface area contributed by atoms with Crippen LogP contribution in [0.2, 0.25) is 0 Å². The first-order valence-corrected chi connectivity index (χ1v) is 11.3. The van der Waals surface area contributed by atoms with Gasteiger partial charge in [-0.05, 0) is 61.4 Å². The molecule has 3 nitrogen and oxygen atoms in total. The molecule has 2 aromatic carbocycles. The first kappa shape index (κ1) is 22.6. The monoisotopic (exact) mass is 416 g/mol. The Morgan fingerprint density at radius 2 is 1.84 bits per heavy atom. The van der Waals surface area contributed by atoms with Crippen molar-refractivity contribution in [1.29, 1.82) is 0 Å². The summed E-state index contributed by atoms with van der Waals surface area (Å²) in [6.45, 7) is 6.53. The van der Waals surface area contributed by atoms with Crippen LogP contribution in [0.25, 0.3) is 22.1 Å². The third kappa shape index (κ3) is 6.71. The molecule has 0 unspecified atom stereocenters. The van der Waals surface area contributed by atoms with Gasteiger partial charge in [0.15, 0.2) is 0 Å². The van der Waals surface area contributed by atoms with E-state index in [1.54, 1.807) is 6.07 Å². The van der Waals surface area contributed by atoms with E-state index in [1.165, 1.54) is 24.8 Å². The van der Waals surface area contributed by atoms with Crippen molar-refractivity contribution in [3.05, 3.63) is 89.3 Å². The van der Waals surface area contributed by atoms with E-state index in [0.717, 1.165) is 42.4 Å². The normalized spacial score (nSPS) is 11.3. The molecule has 0 saturated carbocycles. The van der Waals surface area contributed by atoms with Crippen molar-refractivity contribution in [2.24, 2.45) is 0 Å². The lowest BCUT2D eigenvalue weighted by Gasteiger charge is -2.08. The van der Waals surface area contributed by atoms with Crippen LogP contribution in [-0.4, -0.2) is 6.61 Å². The summed E-state index contributed by atoms with van der Waals surface area (Å²) in [6, 6.07) is 15.8. The standard InChI is InChI=1S/C28H32O3/c1-3-5-7-8-9-11-19-30-25-18-17-24-20-26(28(29)31-27(24)21-25)23-15-13-22(14-16-23)12-10-6-4-2/h3,7-8,13-18,20-21H,1,4-6,9-12,19H2,2H3/b8-7+. The lowest BCUT2D eigenvalue weighted by atomic mass is 10.0. The van der Waals surface area contributed by atoms with Gasteiger partial charge < -0.3 is 9.15 Å². The maximum Gasteiger partial charge on any atom is 0.344 e. The number of fused-ring (bicyclic) bond motifs is 1. The molecule has 0 spiro atoms. The Balaban J connectivity index is 1.66. The van der Waals surface area contributed by atoms with Gasteiger partial charge in [-0.1, -0.05) is 62.3 Å². The van der Waals surface area contributed by atoms with E-state index in [4.69, 9.17) is 9.15 Å². The van der Waals surface area contributed by atoms with E-state index in [0.29, 0.717) is 17.8 Å². The SMILES string of the molecule is C=CC/C=C/CCCOc1ccc2cc(-c3ccc(CCCCC)cc3)c(=O)oc2c1. The molecule has 162 valence electrons. The fraction of sp³-hybridized carbons (Fsp3) is 0.321. The summed E-state index contributed by atoms with van der Waals surface area (Å²) in [6.07, 6.45) is 13.7. The lowest BCUT2D eigenvalue weighted by molar-refractivity contribution is 0.312. The second-order valence-corrected chi connectivity index (χ2v) is 7.79. The van der Waals surface area contributed by atoms with Gasteiger partial charge in [-0.3, -0.25) is 0 Å². The van der Waals surface area contributed by atoms with Gasteiger partial charge in [-0.25, -0.2) is 4.79 Å². The average Bonchev–Trinajstić information content (AvgIpc) is 2.79. The van der Waals surface area contributed by atoms with Gasteiger partial charge in [0.05, 0.1) is 12.2 Å². The smallest absolute Gasteiger partial charge is 0.344 e. The van der Waals surface area contributed by atoms with Crippen molar-refractivity contribution in [3.63, 3.8) is 0 Å². The number of aryl methyl sites for hydroxylation is 1. The Labute approximate surface area is 185 Å². The van der Waals surface area contributed by atoms with Crippen molar-refractivity contribution < 1.29 is 9.15 Å². The minimum atomic E-state index is -0.323. The zero-order chi connectivity index (χ0) is 21.9. The molecule has 0 amide bonds. The maximum atomic E-state index is 12.6. The predicted octanol–water partition coefficient (Wildman–Crippen LogP) is 7.48. The van der Waals surface area contributed by atoms with Gasteiger partial charge in [0.2, 0.25) is 0 Å². The second-order valence-electron chi connectivity index (χ2n) is 7.79. The molecule has 0 saturated heterocycles. The summed E-state index contributed by atoms with van der Waals surface area (Å²) in [4.78, 5) is 12.6. The van der Waals surface area contributed by atoms with Gasteiger partial charge in [-0.2, -0.15) is 0 Å². The molecule has 1 aromatic heterocycles. The summed E-state index contributed by atoms with van der Waals surface area (Å²) in [7, 11) is 0. The van der Waals surface area contributed by atoms with E-state index in [1.807, 2.05) is 36.4 Å². The molecule has 0 atom stereocenters. The molecule has 31 heavy (non-hydrogen) atoms. The molecule has 0 bridgehead atoms. The molecular formula is C28H32O3. The molecule has 0 fully saturated rings. The third-order valence-electron chi connectivity index (χ3n) is 5.29. The van der Waals surface area contributed by atoms with Crippen LogP contribution in [0.5, 0.6) is 5.75 Å². The molecule has 3 aromatic rings. The average molecular weight is 417 g/mol. The minimum Gasteiger partial charge on any atom is -0.493 e. The van der Waals surface area contributed by atoms with Gasteiger partial charge in [0.25, 0.3) is 0 Å². The number of rotatable bonds is 12. The fourth-order valence-electron chi connectivity index (χ4n) is 3.51. The van der Waals surface area contributed by atoms with Crippen LogP contribution in [0.15, 0.2) is 82.5 Å². The summed E-state index contributed by atoms with van der Waals surface area (Å²) in [5.74, 6) is 0.718. The molecule has 0 aliphatic heterocycles. The Kier molecular flexibility index (Phi) is 8.71. The first-order valence-electron chi connectivity index (χ1n) is 11.3. The van der Waals surface area contributed by atoms with Crippen molar-refractivity contribution >= 4 is 11.0 Å². The van der Waals surface area contributed by atoms with Crippen LogP contribution >= 0.6 is 0 Å². The summed E-state index contributed by atoms with van der Waals surface area (Å²) in [5.41, 5.74) is 3.01.